The van der Waals surface area contributed by atoms with E-state index in [1.165, 1.54) is 19.2 Å². The normalized spacial score (nSPS) is 20.2. The van der Waals surface area contributed by atoms with E-state index in [1.54, 1.807) is 39.2 Å². The van der Waals surface area contributed by atoms with E-state index in [-0.39, 0.29) is 11.3 Å². The molecule has 1 aliphatic heterocycles. The van der Waals surface area contributed by atoms with Gasteiger partial charge in [0.2, 0.25) is 0 Å². The van der Waals surface area contributed by atoms with Crippen molar-refractivity contribution in [2.45, 2.75) is 31.6 Å². The first-order chi connectivity index (χ1) is 12.8. The molecule has 0 saturated heterocycles. The quantitative estimate of drug-likeness (QED) is 0.859. The lowest BCUT2D eigenvalue weighted by Gasteiger charge is -2.43. The standard InChI is InChI=1S/C20H22FNO5/c1-20(2)18(17(23)13-7-6-12(25-3)10-16(13)27-20)22-19(24)14-9-11(21)5-8-15(14)26-4/h5-10,17-18,23H,1-4H3,(H,22,24). The zero-order valence-electron chi connectivity index (χ0n) is 15.6. The minimum Gasteiger partial charge on any atom is -0.497 e. The Balaban J connectivity index is 1.92. The molecule has 1 amide bonds. The second-order valence-electron chi connectivity index (χ2n) is 6.85. The van der Waals surface area contributed by atoms with Crippen molar-refractivity contribution in [1.29, 1.82) is 0 Å². The Morgan fingerprint density at radius 3 is 2.59 bits per heavy atom. The number of nitrogens with one attached hydrogen (secondary N) is 1. The van der Waals surface area contributed by atoms with E-state index in [0.717, 1.165) is 6.07 Å². The highest BCUT2D eigenvalue weighted by Crippen LogP contribution is 2.41. The van der Waals surface area contributed by atoms with Crippen LogP contribution in [0, 0.1) is 5.82 Å². The van der Waals surface area contributed by atoms with Gasteiger partial charge in [0.15, 0.2) is 0 Å². The van der Waals surface area contributed by atoms with Gasteiger partial charge in [0.1, 0.15) is 34.8 Å². The van der Waals surface area contributed by atoms with Crippen LogP contribution in [0.4, 0.5) is 4.39 Å². The third kappa shape index (κ3) is 3.55. The highest BCUT2D eigenvalue weighted by atomic mass is 19.1. The van der Waals surface area contributed by atoms with Gasteiger partial charge in [0.05, 0.1) is 25.8 Å². The topological polar surface area (TPSA) is 77.0 Å². The maximum Gasteiger partial charge on any atom is 0.255 e. The van der Waals surface area contributed by atoms with Crippen molar-refractivity contribution in [3.05, 3.63) is 53.3 Å². The predicted molar refractivity (Wildman–Crippen MR) is 96.9 cm³/mol. The van der Waals surface area contributed by atoms with Crippen molar-refractivity contribution in [1.82, 2.24) is 5.32 Å². The molecule has 2 aromatic carbocycles. The van der Waals surface area contributed by atoms with Gasteiger partial charge in [-0.1, -0.05) is 0 Å². The maximum absolute atomic E-state index is 13.6. The van der Waals surface area contributed by atoms with Crippen LogP contribution in [0.2, 0.25) is 0 Å². The SMILES string of the molecule is COc1ccc2c(c1)OC(C)(C)C(NC(=O)c1cc(F)ccc1OC)C2O. The summed E-state index contributed by atoms with van der Waals surface area (Å²) < 4.78 is 29.9. The fraction of sp³-hybridized carbons (Fsp3) is 0.350. The molecule has 0 radical (unpaired) electrons. The molecule has 27 heavy (non-hydrogen) atoms. The van der Waals surface area contributed by atoms with Crippen LogP contribution in [-0.4, -0.2) is 36.9 Å². The Bertz CT molecular complexity index is 867. The average molecular weight is 375 g/mol. The third-order valence-electron chi connectivity index (χ3n) is 4.67. The van der Waals surface area contributed by atoms with Gasteiger partial charge in [-0.15, -0.1) is 0 Å². The van der Waals surface area contributed by atoms with Crippen LogP contribution in [0.3, 0.4) is 0 Å². The summed E-state index contributed by atoms with van der Waals surface area (Å²) >= 11 is 0. The molecule has 2 aromatic rings. The Morgan fingerprint density at radius 2 is 1.93 bits per heavy atom. The summed E-state index contributed by atoms with van der Waals surface area (Å²) in [6, 6.07) is 8.00. The summed E-state index contributed by atoms with van der Waals surface area (Å²) in [5, 5.41) is 13.6. The Kier molecular flexibility index (Phi) is 4.97. The lowest BCUT2D eigenvalue weighted by atomic mass is 9.86. The molecule has 2 atom stereocenters. The van der Waals surface area contributed by atoms with Crippen molar-refractivity contribution in [3.63, 3.8) is 0 Å². The first kappa shape index (κ1) is 19.0. The van der Waals surface area contributed by atoms with Crippen LogP contribution in [-0.2, 0) is 0 Å². The number of carbonyl (C=O) groups is 1. The molecule has 0 aromatic heterocycles. The van der Waals surface area contributed by atoms with Crippen molar-refractivity contribution < 1.29 is 28.5 Å². The lowest BCUT2D eigenvalue weighted by Crippen LogP contribution is -2.57. The molecule has 1 aliphatic rings. The predicted octanol–water partition coefficient (Wildman–Crippen LogP) is 2.85. The Morgan fingerprint density at radius 1 is 1.19 bits per heavy atom. The number of rotatable bonds is 4. The molecule has 2 unspecified atom stereocenters. The third-order valence-corrected chi connectivity index (χ3v) is 4.67. The molecular formula is C20H22FNO5. The van der Waals surface area contributed by atoms with E-state index in [4.69, 9.17) is 14.2 Å². The van der Waals surface area contributed by atoms with Crippen LogP contribution < -0.4 is 19.5 Å². The average Bonchev–Trinajstić information content (AvgIpc) is 2.64. The van der Waals surface area contributed by atoms with Gasteiger partial charge in [0, 0.05) is 11.6 Å². The smallest absolute Gasteiger partial charge is 0.255 e. The van der Waals surface area contributed by atoms with Crippen molar-refractivity contribution in [3.8, 4) is 17.2 Å². The largest absolute Gasteiger partial charge is 0.497 e. The van der Waals surface area contributed by atoms with Crippen LogP contribution in [0.25, 0.3) is 0 Å². The molecule has 0 bridgehead atoms. The van der Waals surface area contributed by atoms with Crippen LogP contribution in [0.1, 0.15) is 35.9 Å². The Hall–Kier alpha value is -2.80. The lowest BCUT2D eigenvalue weighted by molar-refractivity contribution is -0.0254. The van der Waals surface area contributed by atoms with Gasteiger partial charge in [-0.25, -0.2) is 4.39 Å². The molecule has 3 rings (SSSR count). The molecule has 0 saturated carbocycles. The number of aliphatic hydroxyl groups is 1. The van der Waals surface area contributed by atoms with Gasteiger partial charge in [-0.2, -0.15) is 0 Å². The molecule has 6 nitrogen and oxygen atoms in total. The fourth-order valence-electron chi connectivity index (χ4n) is 3.21. The van der Waals surface area contributed by atoms with E-state index in [9.17, 15) is 14.3 Å². The number of hydrogen-bond acceptors (Lipinski definition) is 5. The van der Waals surface area contributed by atoms with E-state index >= 15 is 0 Å². The van der Waals surface area contributed by atoms with Gasteiger partial charge in [-0.3, -0.25) is 4.79 Å². The van der Waals surface area contributed by atoms with Crippen LogP contribution in [0.5, 0.6) is 17.2 Å². The van der Waals surface area contributed by atoms with Gasteiger partial charge in [-0.05, 0) is 44.2 Å². The van der Waals surface area contributed by atoms with E-state index < -0.39 is 29.5 Å². The first-order valence-electron chi connectivity index (χ1n) is 8.46. The summed E-state index contributed by atoms with van der Waals surface area (Å²) in [4.78, 5) is 12.7. The van der Waals surface area contributed by atoms with Gasteiger partial charge < -0.3 is 24.6 Å². The fourth-order valence-corrected chi connectivity index (χ4v) is 3.21. The summed E-state index contributed by atoms with van der Waals surface area (Å²) in [5.41, 5.74) is -0.345. The molecule has 144 valence electrons. The van der Waals surface area contributed by atoms with E-state index in [1.807, 2.05) is 0 Å². The number of aliphatic hydroxyl groups excluding tert-OH is 1. The van der Waals surface area contributed by atoms with Gasteiger partial charge in [0.25, 0.3) is 5.91 Å². The molecule has 2 N–H and O–H groups in total. The number of fused-ring (bicyclic) bond motifs is 1. The number of halogens is 1. The van der Waals surface area contributed by atoms with Crippen molar-refractivity contribution in [2.75, 3.05) is 14.2 Å². The summed E-state index contributed by atoms with van der Waals surface area (Å²) in [6.07, 6.45) is -1.02. The van der Waals surface area contributed by atoms with E-state index in [0.29, 0.717) is 17.1 Å². The first-order valence-corrected chi connectivity index (χ1v) is 8.46. The highest BCUT2D eigenvalue weighted by molar-refractivity contribution is 5.97. The number of methoxy groups -OCH3 is 2. The number of amides is 1. The maximum atomic E-state index is 13.6. The second-order valence-corrected chi connectivity index (χ2v) is 6.85. The molecule has 0 fully saturated rings. The number of carbonyl (C=O) groups excluding carboxylic acids is 1. The number of benzene rings is 2. The highest BCUT2D eigenvalue weighted by Gasteiger charge is 2.44. The molecular weight excluding hydrogens is 353 g/mol. The minimum atomic E-state index is -1.02. The van der Waals surface area contributed by atoms with Crippen molar-refractivity contribution in [2.24, 2.45) is 0 Å². The zero-order chi connectivity index (χ0) is 19.8. The second kappa shape index (κ2) is 7.08. The molecule has 1 heterocycles. The monoisotopic (exact) mass is 375 g/mol. The van der Waals surface area contributed by atoms with Crippen molar-refractivity contribution >= 4 is 5.91 Å². The van der Waals surface area contributed by atoms with Crippen LogP contribution >= 0.6 is 0 Å². The molecule has 7 heteroatoms. The summed E-state index contributed by atoms with van der Waals surface area (Å²) in [5.74, 6) is 0.203. The summed E-state index contributed by atoms with van der Waals surface area (Å²) in [6.45, 7) is 3.51. The zero-order valence-corrected chi connectivity index (χ0v) is 15.6. The molecule has 0 spiro atoms. The summed E-state index contributed by atoms with van der Waals surface area (Å²) in [7, 11) is 2.94. The van der Waals surface area contributed by atoms with Crippen LogP contribution in [0.15, 0.2) is 36.4 Å². The Labute approximate surface area is 156 Å². The van der Waals surface area contributed by atoms with E-state index in [2.05, 4.69) is 5.32 Å². The van der Waals surface area contributed by atoms with Gasteiger partial charge >= 0.3 is 0 Å². The minimum absolute atomic E-state index is 0.0426. The number of ether oxygens (including phenoxy) is 3. The molecule has 0 aliphatic carbocycles. The number of hydrogen-bond donors (Lipinski definition) is 2.